The number of rotatable bonds is 7. The molecule has 8 heteroatoms. The van der Waals surface area contributed by atoms with Crippen LogP contribution in [0.2, 0.25) is 0 Å². The lowest BCUT2D eigenvalue weighted by Gasteiger charge is -2.40. The fraction of sp³-hybridized carbons (Fsp3) is 0.684. The quantitative estimate of drug-likeness (QED) is 0.741. The van der Waals surface area contributed by atoms with E-state index in [0.29, 0.717) is 24.8 Å². The molecule has 8 nitrogen and oxygen atoms in total. The molecule has 0 N–H and O–H groups in total. The first kappa shape index (κ1) is 18.2. The summed E-state index contributed by atoms with van der Waals surface area (Å²) in [6.45, 7) is 4.64. The van der Waals surface area contributed by atoms with Gasteiger partial charge in [0.05, 0.1) is 5.41 Å². The molecule has 2 aromatic rings. The smallest absolute Gasteiger partial charge is 0.274 e. The molecule has 2 fully saturated rings. The fourth-order valence-electron chi connectivity index (χ4n) is 3.86. The second kappa shape index (κ2) is 7.42. The summed E-state index contributed by atoms with van der Waals surface area (Å²) in [6.07, 6.45) is 6.68. The minimum atomic E-state index is -0.326. The van der Waals surface area contributed by atoms with Crippen LogP contribution in [0.5, 0.6) is 0 Å². The minimum absolute atomic E-state index is 0.0328. The molecule has 1 saturated carbocycles. The van der Waals surface area contributed by atoms with Crippen LogP contribution in [-0.2, 0) is 16.7 Å². The maximum Gasteiger partial charge on any atom is 0.274 e. The number of ether oxygens (including phenoxy) is 1. The van der Waals surface area contributed by atoms with Crippen LogP contribution in [0.3, 0.4) is 0 Å². The number of aromatic nitrogens is 4. The molecule has 27 heavy (non-hydrogen) atoms. The topological polar surface area (TPSA) is 86.3 Å². The van der Waals surface area contributed by atoms with Gasteiger partial charge in [0.2, 0.25) is 5.89 Å². The van der Waals surface area contributed by atoms with Gasteiger partial charge in [0.25, 0.3) is 5.91 Å². The molecular formula is C19H27N5O3. The molecule has 3 heterocycles. The highest BCUT2D eigenvalue weighted by molar-refractivity contribution is 5.92. The van der Waals surface area contributed by atoms with E-state index in [1.165, 1.54) is 0 Å². The highest BCUT2D eigenvalue weighted by Crippen LogP contribution is 2.41. The van der Waals surface area contributed by atoms with Gasteiger partial charge in [-0.2, -0.15) is 10.1 Å². The number of piperidine rings is 1. The molecule has 0 spiro atoms. The zero-order valence-corrected chi connectivity index (χ0v) is 16.1. The molecule has 146 valence electrons. The van der Waals surface area contributed by atoms with E-state index in [-0.39, 0.29) is 11.3 Å². The van der Waals surface area contributed by atoms with Crippen LogP contribution in [0.4, 0.5) is 0 Å². The van der Waals surface area contributed by atoms with Crippen molar-refractivity contribution in [3.05, 3.63) is 29.7 Å². The van der Waals surface area contributed by atoms with Crippen LogP contribution in [0.1, 0.15) is 67.1 Å². The Balaban J connectivity index is 1.57. The monoisotopic (exact) mass is 373 g/mol. The number of hydrogen-bond donors (Lipinski definition) is 0. The Morgan fingerprint density at radius 3 is 3.00 bits per heavy atom. The normalized spacial score (nSPS) is 23.0. The van der Waals surface area contributed by atoms with E-state index in [4.69, 9.17) is 14.2 Å². The molecule has 2 aromatic heterocycles. The number of hydrogen-bond acceptors (Lipinski definition) is 6. The van der Waals surface area contributed by atoms with E-state index < -0.39 is 0 Å². The number of likely N-dealkylation sites (tertiary alicyclic amines) is 1. The Kier molecular flexibility index (Phi) is 4.99. The molecule has 1 saturated heterocycles. The highest BCUT2D eigenvalue weighted by Gasteiger charge is 2.43. The SMILES string of the molecule is CCn1ccc(C(=O)N2CCCC(CCOC)(c3noc(C4CC4)n3)C2)n1. The average Bonchev–Trinajstić information content (AvgIpc) is 3.22. The second-order valence-electron chi connectivity index (χ2n) is 7.64. The molecule has 2 aliphatic rings. The molecular weight excluding hydrogens is 346 g/mol. The Morgan fingerprint density at radius 2 is 2.30 bits per heavy atom. The van der Waals surface area contributed by atoms with Crippen molar-refractivity contribution in [2.75, 3.05) is 26.8 Å². The van der Waals surface area contributed by atoms with Gasteiger partial charge in [-0.1, -0.05) is 5.16 Å². The second-order valence-corrected chi connectivity index (χ2v) is 7.64. The van der Waals surface area contributed by atoms with Crippen LogP contribution in [-0.4, -0.2) is 57.5 Å². The molecule has 1 atom stereocenters. The number of aryl methyl sites for hydroxylation is 1. The molecule has 1 unspecified atom stereocenters. The summed E-state index contributed by atoms with van der Waals surface area (Å²) in [5.74, 6) is 1.85. The molecule has 1 amide bonds. The molecule has 1 aliphatic heterocycles. The van der Waals surface area contributed by atoms with E-state index in [1.807, 2.05) is 18.0 Å². The summed E-state index contributed by atoms with van der Waals surface area (Å²) >= 11 is 0. The van der Waals surface area contributed by atoms with Gasteiger partial charge in [0.15, 0.2) is 5.82 Å². The zero-order chi connectivity index (χ0) is 18.9. The summed E-state index contributed by atoms with van der Waals surface area (Å²) < 4.78 is 12.6. The first-order chi connectivity index (χ1) is 13.1. The maximum atomic E-state index is 13.0. The Morgan fingerprint density at radius 1 is 1.44 bits per heavy atom. The third-order valence-electron chi connectivity index (χ3n) is 5.68. The van der Waals surface area contributed by atoms with Gasteiger partial charge in [0, 0.05) is 45.5 Å². The number of nitrogens with zero attached hydrogens (tertiary/aromatic N) is 5. The summed E-state index contributed by atoms with van der Waals surface area (Å²) in [4.78, 5) is 19.6. The average molecular weight is 373 g/mol. The first-order valence-corrected chi connectivity index (χ1v) is 9.81. The summed E-state index contributed by atoms with van der Waals surface area (Å²) in [7, 11) is 1.70. The van der Waals surface area contributed by atoms with Crippen LogP contribution in [0.15, 0.2) is 16.8 Å². The van der Waals surface area contributed by atoms with Crippen LogP contribution >= 0.6 is 0 Å². The van der Waals surface area contributed by atoms with E-state index in [1.54, 1.807) is 17.9 Å². The van der Waals surface area contributed by atoms with E-state index in [9.17, 15) is 4.79 Å². The standard InChI is InChI=1S/C19H27N5O3/c1-3-24-11-7-15(21-24)17(25)23-10-4-8-19(13-23,9-12-26-2)18-20-16(27-22-18)14-5-6-14/h7,11,14H,3-6,8-10,12-13H2,1-2H3. The van der Waals surface area contributed by atoms with Gasteiger partial charge >= 0.3 is 0 Å². The van der Waals surface area contributed by atoms with Crippen LogP contribution in [0.25, 0.3) is 0 Å². The third-order valence-corrected chi connectivity index (χ3v) is 5.68. The predicted octanol–water partition coefficient (Wildman–Crippen LogP) is 2.37. The predicted molar refractivity (Wildman–Crippen MR) is 97.5 cm³/mol. The third kappa shape index (κ3) is 3.63. The van der Waals surface area contributed by atoms with Crippen LogP contribution in [0, 0.1) is 0 Å². The van der Waals surface area contributed by atoms with Crippen molar-refractivity contribution < 1.29 is 14.1 Å². The van der Waals surface area contributed by atoms with Gasteiger partial charge in [-0.3, -0.25) is 9.48 Å². The zero-order valence-electron chi connectivity index (χ0n) is 16.1. The van der Waals surface area contributed by atoms with Gasteiger partial charge in [-0.25, -0.2) is 0 Å². The highest BCUT2D eigenvalue weighted by atomic mass is 16.5. The minimum Gasteiger partial charge on any atom is -0.385 e. The molecule has 0 bridgehead atoms. The molecule has 0 aromatic carbocycles. The Labute approximate surface area is 158 Å². The Hall–Kier alpha value is -2.22. The molecule has 1 aliphatic carbocycles. The van der Waals surface area contributed by atoms with Crippen molar-refractivity contribution >= 4 is 5.91 Å². The van der Waals surface area contributed by atoms with E-state index in [0.717, 1.165) is 56.9 Å². The van der Waals surface area contributed by atoms with Gasteiger partial charge < -0.3 is 14.2 Å². The van der Waals surface area contributed by atoms with Crippen molar-refractivity contribution in [1.82, 2.24) is 24.8 Å². The lowest BCUT2D eigenvalue weighted by Crippen LogP contribution is -2.49. The largest absolute Gasteiger partial charge is 0.385 e. The molecule has 0 radical (unpaired) electrons. The fourth-order valence-corrected chi connectivity index (χ4v) is 3.86. The van der Waals surface area contributed by atoms with E-state index >= 15 is 0 Å². The van der Waals surface area contributed by atoms with Gasteiger partial charge in [0.1, 0.15) is 5.69 Å². The Bertz CT molecular complexity index is 797. The summed E-state index contributed by atoms with van der Waals surface area (Å²) in [5, 5.41) is 8.68. The number of carbonyl (C=O) groups excluding carboxylic acids is 1. The number of carbonyl (C=O) groups is 1. The number of amides is 1. The summed E-state index contributed by atoms with van der Waals surface area (Å²) in [6, 6.07) is 1.79. The first-order valence-electron chi connectivity index (χ1n) is 9.81. The summed E-state index contributed by atoms with van der Waals surface area (Å²) in [5.41, 5.74) is 0.166. The van der Waals surface area contributed by atoms with Crippen molar-refractivity contribution in [3.63, 3.8) is 0 Å². The number of methoxy groups -OCH3 is 1. The van der Waals surface area contributed by atoms with Crippen molar-refractivity contribution in [2.24, 2.45) is 0 Å². The van der Waals surface area contributed by atoms with Crippen molar-refractivity contribution in [1.29, 1.82) is 0 Å². The molecule has 4 rings (SSSR count). The van der Waals surface area contributed by atoms with Crippen LogP contribution < -0.4 is 0 Å². The van der Waals surface area contributed by atoms with Gasteiger partial charge in [-0.05, 0) is 45.1 Å². The van der Waals surface area contributed by atoms with Crippen molar-refractivity contribution in [3.8, 4) is 0 Å². The lowest BCUT2D eigenvalue weighted by atomic mass is 9.76. The van der Waals surface area contributed by atoms with Gasteiger partial charge in [-0.15, -0.1) is 0 Å². The lowest BCUT2D eigenvalue weighted by molar-refractivity contribution is 0.0560. The van der Waals surface area contributed by atoms with E-state index in [2.05, 4.69) is 10.3 Å². The maximum absolute atomic E-state index is 13.0. The van der Waals surface area contributed by atoms with Crippen molar-refractivity contribution in [2.45, 2.75) is 56.9 Å².